The molecule has 0 aromatic heterocycles. The quantitative estimate of drug-likeness (QED) is 0.860. The lowest BCUT2D eigenvalue weighted by Crippen LogP contribution is -2.20. The molecule has 23 heavy (non-hydrogen) atoms. The van der Waals surface area contributed by atoms with Crippen LogP contribution in [0.5, 0.6) is 5.75 Å². The van der Waals surface area contributed by atoms with Gasteiger partial charge in [-0.3, -0.25) is 9.59 Å². The molecule has 0 atom stereocenters. The van der Waals surface area contributed by atoms with Gasteiger partial charge in [-0.05, 0) is 48.4 Å². The summed E-state index contributed by atoms with van der Waals surface area (Å²) in [7, 11) is 0. The summed E-state index contributed by atoms with van der Waals surface area (Å²) < 4.78 is 5.42. The first-order valence-corrected chi connectivity index (χ1v) is 7.46. The number of amides is 2. The minimum absolute atomic E-state index is 0.0744. The van der Waals surface area contributed by atoms with Crippen molar-refractivity contribution in [3.8, 4) is 5.75 Å². The highest BCUT2D eigenvalue weighted by molar-refractivity contribution is 5.92. The summed E-state index contributed by atoms with van der Waals surface area (Å²) in [6, 6.07) is 14.6. The van der Waals surface area contributed by atoms with E-state index in [4.69, 9.17) is 4.74 Å². The molecule has 0 aliphatic rings. The van der Waals surface area contributed by atoms with Crippen molar-refractivity contribution < 1.29 is 14.3 Å². The Hall–Kier alpha value is -2.82. The van der Waals surface area contributed by atoms with E-state index in [2.05, 4.69) is 17.6 Å². The van der Waals surface area contributed by atoms with E-state index in [1.54, 1.807) is 24.3 Å². The average Bonchev–Trinajstić information content (AvgIpc) is 2.54. The number of nitrogens with one attached hydrogen (secondary N) is 2. The molecule has 0 heterocycles. The van der Waals surface area contributed by atoms with E-state index in [9.17, 15) is 9.59 Å². The van der Waals surface area contributed by atoms with Crippen LogP contribution in [0.15, 0.2) is 48.5 Å². The predicted molar refractivity (Wildman–Crippen MR) is 90.7 cm³/mol. The number of ether oxygens (including phenoxy) is 1. The van der Waals surface area contributed by atoms with Gasteiger partial charge in [-0.2, -0.15) is 0 Å². The standard InChI is InChI=1S/C18H20N2O3/c1-3-14-4-6-16(7-5-14)20-18(22)12-23-17-10-8-15(9-11-17)19-13(2)21/h4-11H,3,12H2,1-2H3,(H,19,21)(H,20,22). The third-order valence-electron chi connectivity index (χ3n) is 3.19. The van der Waals surface area contributed by atoms with Crippen LogP contribution < -0.4 is 15.4 Å². The van der Waals surface area contributed by atoms with Crippen LogP contribution in [0.4, 0.5) is 11.4 Å². The van der Waals surface area contributed by atoms with E-state index >= 15 is 0 Å². The molecule has 2 aromatic carbocycles. The Labute approximate surface area is 135 Å². The number of rotatable bonds is 6. The fourth-order valence-corrected chi connectivity index (χ4v) is 2.01. The number of hydrogen-bond acceptors (Lipinski definition) is 3. The van der Waals surface area contributed by atoms with Gasteiger partial charge in [-0.25, -0.2) is 0 Å². The van der Waals surface area contributed by atoms with Gasteiger partial charge in [0.05, 0.1) is 0 Å². The van der Waals surface area contributed by atoms with Crippen molar-refractivity contribution in [2.75, 3.05) is 17.2 Å². The SMILES string of the molecule is CCc1ccc(NC(=O)COc2ccc(NC(C)=O)cc2)cc1. The molecule has 0 unspecified atom stereocenters. The molecule has 2 N–H and O–H groups in total. The number of carbonyl (C=O) groups is 2. The number of hydrogen-bond donors (Lipinski definition) is 2. The minimum atomic E-state index is -0.222. The van der Waals surface area contributed by atoms with Crippen LogP contribution in [0, 0.1) is 0 Å². The number of carbonyl (C=O) groups excluding carboxylic acids is 2. The number of anilines is 2. The maximum Gasteiger partial charge on any atom is 0.262 e. The topological polar surface area (TPSA) is 67.4 Å². The van der Waals surface area contributed by atoms with E-state index in [1.807, 2.05) is 24.3 Å². The highest BCUT2D eigenvalue weighted by Crippen LogP contribution is 2.16. The van der Waals surface area contributed by atoms with Crippen LogP contribution in [0.2, 0.25) is 0 Å². The maximum absolute atomic E-state index is 11.9. The second-order valence-electron chi connectivity index (χ2n) is 5.09. The Balaban J connectivity index is 1.82. The van der Waals surface area contributed by atoms with E-state index in [0.29, 0.717) is 11.4 Å². The minimum Gasteiger partial charge on any atom is -0.484 e. The smallest absolute Gasteiger partial charge is 0.262 e. The van der Waals surface area contributed by atoms with Crippen molar-refractivity contribution in [1.82, 2.24) is 0 Å². The van der Waals surface area contributed by atoms with Gasteiger partial charge in [-0.1, -0.05) is 19.1 Å². The van der Waals surface area contributed by atoms with Gasteiger partial charge in [-0.15, -0.1) is 0 Å². The summed E-state index contributed by atoms with van der Waals surface area (Å²) >= 11 is 0. The molecule has 5 heteroatoms. The highest BCUT2D eigenvalue weighted by Gasteiger charge is 2.04. The zero-order chi connectivity index (χ0) is 16.7. The summed E-state index contributed by atoms with van der Waals surface area (Å²) in [4.78, 5) is 22.8. The van der Waals surface area contributed by atoms with E-state index in [-0.39, 0.29) is 18.4 Å². The van der Waals surface area contributed by atoms with Crippen LogP contribution in [0.25, 0.3) is 0 Å². The average molecular weight is 312 g/mol. The predicted octanol–water partition coefficient (Wildman–Crippen LogP) is 3.22. The molecule has 0 aliphatic carbocycles. The lowest BCUT2D eigenvalue weighted by molar-refractivity contribution is -0.118. The van der Waals surface area contributed by atoms with Gasteiger partial charge in [0.2, 0.25) is 5.91 Å². The van der Waals surface area contributed by atoms with Crippen LogP contribution in [-0.4, -0.2) is 18.4 Å². The molecular weight excluding hydrogens is 292 g/mol. The lowest BCUT2D eigenvalue weighted by Gasteiger charge is -2.09. The van der Waals surface area contributed by atoms with Gasteiger partial charge in [0.1, 0.15) is 5.75 Å². The summed E-state index contributed by atoms with van der Waals surface area (Å²) in [5, 5.41) is 5.45. The molecule has 0 aliphatic heterocycles. The molecular formula is C18H20N2O3. The Morgan fingerprint density at radius 1 is 0.913 bits per heavy atom. The van der Waals surface area contributed by atoms with Gasteiger partial charge in [0.15, 0.2) is 6.61 Å². The molecule has 0 radical (unpaired) electrons. The van der Waals surface area contributed by atoms with Crippen molar-refractivity contribution >= 4 is 23.2 Å². The van der Waals surface area contributed by atoms with Crippen LogP contribution in [-0.2, 0) is 16.0 Å². The molecule has 0 fully saturated rings. The van der Waals surface area contributed by atoms with Crippen molar-refractivity contribution in [3.05, 3.63) is 54.1 Å². The summed E-state index contributed by atoms with van der Waals surface area (Å²) in [5.74, 6) is 0.211. The zero-order valence-electron chi connectivity index (χ0n) is 13.3. The first kappa shape index (κ1) is 16.5. The van der Waals surface area contributed by atoms with Crippen molar-refractivity contribution in [1.29, 1.82) is 0 Å². The number of benzene rings is 2. The Bertz CT molecular complexity index is 664. The van der Waals surface area contributed by atoms with Crippen LogP contribution >= 0.6 is 0 Å². The van der Waals surface area contributed by atoms with Crippen LogP contribution in [0.3, 0.4) is 0 Å². The first-order chi connectivity index (χ1) is 11.1. The zero-order valence-corrected chi connectivity index (χ0v) is 13.3. The number of aryl methyl sites for hydroxylation is 1. The Kier molecular flexibility index (Phi) is 5.74. The van der Waals surface area contributed by atoms with E-state index in [1.165, 1.54) is 12.5 Å². The molecule has 120 valence electrons. The van der Waals surface area contributed by atoms with Gasteiger partial charge in [0, 0.05) is 18.3 Å². The van der Waals surface area contributed by atoms with Gasteiger partial charge < -0.3 is 15.4 Å². The second-order valence-corrected chi connectivity index (χ2v) is 5.09. The first-order valence-electron chi connectivity index (χ1n) is 7.46. The van der Waals surface area contributed by atoms with Gasteiger partial charge >= 0.3 is 0 Å². The molecule has 2 amide bonds. The van der Waals surface area contributed by atoms with Crippen molar-refractivity contribution in [2.24, 2.45) is 0 Å². The fourth-order valence-electron chi connectivity index (χ4n) is 2.01. The summed E-state index contributed by atoms with van der Waals surface area (Å²) in [6.45, 7) is 3.45. The Morgan fingerprint density at radius 3 is 2.04 bits per heavy atom. The maximum atomic E-state index is 11.9. The fraction of sp³-hybridized carbons (Fsp3) is 0.222. The van der Waals surface area contributed by atoms with Crippen LogP contribution in [0.1, 0.15) is 19.4 Å². The molecule has 5 nitrogen and oxygen atoms in total. The highest BCUT2D eigenvalue weighted by atomic mass is 16.5. The van der Waals surface area contributed by atoms with Gasteiger partial charge in [0.25, 0.3) is 5.91 Å². The largest absolute Gasteiger partial charge is 0.484 e. The van der Waals surface area contributed by atoms with E-state index in [0.717, 1.165) is 12.1 Å². The van der Waals surface area contributed by atoms with E-state index < -0.39 is 0 Å². The van der Waals surface area contributed by atoms with Crippen molar-refractivity contribution in [3.63, 3.8) is 0 Å². The molecule has 0 bridgehead atoms. The normalized spacial score (nSPS) is 10.0. The lowest BCUT2D eigenvalue weighted by atomic mass is 10.1. The molecule has 0 spiro atoms. The molecule has 2 rings (SSSR count). The summed E-state index contributed by atoms with van der Waals surface area (Å²) in [5.41, 5.74) is 2.65. The third kappa shape index (κ3) is 5.47. The monoisotopic (exact) mass is 312 g/mol. The second kappa shape index (κ2) is 7.98. The Morgan fingerprint density at radius 2 is 1.48 bits per heavy atom. The molecule has 0 saturated carbocycles. The third-order valence-corrected chi connectivity index (χ3v) is 3.19. The summed E-state index contributed by atoms with van der Waals surface area (Å²) in [6.07, 6.45) is 0.964. The molecule has 0 saturated heterocycles. The molecule has 2 aromatic rings. The van der Waals surface area contributed by atoms with Crippen molar-refractivity contribution in [2.45, 2.75) is 20.3 Å².